The molecule has 3 aromatic rings. The zero-order valence-corrected chi connectivity index (χ0v) is 17.6. The first-order valence-electron chi connectivity index (χ1n) is 10.3. The molecule has 164 valence electrons. The van der Waals surface area contributed by atoms with E-state index in [-0.39, 0.29) is 12.6 Å². The molecular formula is C23H25F3N4O. The fourth-order valence-corrected chi connectivity index (χ4v) is 4.46. The standard InChI is InChI=1S/C23H25F3N4O/c1-4-30-16(3)17(12-27-30)13-28-9-5-6-18(28)14-29-20-8-7-15(2)10-19(20)21(31)11-22(29)23(24,25)26/h4,7-8,10-12,18H,1,5-6,9,13-14H2,2-3H3. The quantitative estimate of drug-likeness (QED) is 0.594. The van der Waals surface area contributed by atoms with E-state index in [4.69, 9.17) is 0 Å². The smallest absolute Gasteiger partial charge is 0.335 e. The van der Waals surface area contributed by atoms with E-state index in [1.807, 2.05) is 13.8 Å². The summed E-state index contributed by atoms with van der Waals surface area (Å²) in [4.78, 5) is 14.6. The van der Waals surface area contributed by atoms with Gasteiger partial charge in [-0.15, -0.1) is 0 Å². The van der Waals surface area contributed by atoms with Crippen LogP contribution in [0.5, 0.6) is 0 Å². The first kappa shape index (κ1) is 21.4. The summed E-state index contributed by atoms with van der Waals surface area (Å²) in [6.07, 6.45) is 0.516. The number of alkyl halides is 3. The maximum atomic E-state index is 13.9. The summed E-state index contributed by atoms with van der Waals surface area (Å²) in [5, 5.41) is 4.59. The number of benzene rings is 1. The van der Waals surface area contributed by atoms with E-state index >= 15 is 0 Å². The molecule has 0 bridgehead atoms. The molecular weight excluding hydrogens is 405 g/mol. The number of hydrogen-bond donors (Lipinski definition) is 0. The number of rotatable bonds is 5. The number of aryl methyl sites for hydroxylation is 1. The van der Waals surface area contributed by atoms with Gasteiger partial charge in [0.05, 0.1) is 11.7 Å². The first-order valence-corrected chi connectivity index (χ1v) is 10.3. The molecule has 1 unspecified atom stereocenters. The molecule has 1 atom stereocenters. The molecule has 1 aliphatic heterocycles. The van der Waals surface area contributed by atoms with Gasteiger partial charge in [0, 0.05) is 48.0 Å². The van der Waals surface area contributed by atoms with Crippen LogP contribution in [0, 0.1) is 13.8 Å². The number of pyridine rings is 1. The first-order chi connectivity index (χ1) is 14.7. The highest BCUT2D eigenvalue weighted by Gasteiger charge is 2.36. The van der Waals surface area contributed by atoms with Crippen LogP contribution in [0.1, 0.15) is 35.4 Å². The highest BCUT2D eigenvalue weighted by atomic mass is 19.4. The fourth-order valence-electron chi connectivity index (χ4n) is 4.46. The minimum Gasteiger partial charge on any atom is -0.335 e. The van der Waals surface area contributed by atoms with Gasteiger partial charge in [0.1, 0.15) is 5.69 Å². The molecule has 8 heteroatoms. The molecule has 1 aliphatic rings. The second kappa shape index (κ2) is 8.00. The number of fused-ring (bicyclic) bond motifs is 1. The normalized spacial score (nSPS) is 17.5. The topological polar surface area (TPSA) is 43.1 Å². The Bertz CT molecular complexity index is 1190. The molecule has 3 heterocycles. The zero-order chi connectivity index (χ0) is 22.3. The molecule has 0 aliphatic carbocycles. The van der Waals surface area contributed by atoms with Crippen molar-refractivity contribution in [3.8, 4) is 0 Å². The molecule has 0 amide bonds. The Hall–Kier alpha value is -2.87. The lowest BCUT2D eigenvalue weighted by Crippen LogP contribution is -2.35. The van der Waals surface area contributed by atoms with Gasteiger partial charge in [-0.3, -0.25) is 9.69 Å². The van der Waals surface area contributed by atoms with E-state index in [2.05, 4.69) is 16.6 Å². The lowest BCUT2D eigenvalue weighted by Gasteiger charge is -2.28. The van der Waals surface area contributed by atoms with Crippen LogP contribution in [0.4, 0.5) is 13.2 Å². The third-order valence-electron chi connectivity index (χ3n) is 6.14. The molecule has 0 saturated carbocycles. The predicted molar refractivity (Wildman–Crippen MR) is 115 cm³/mol. The van der Waals surface area contributed by atoms with Crippen LogP contribution in [0.15, 0.2) is 41.8 Å². The average Bonchev–Trinajstić information content (AvgIpc) is 3.29. The summed E-state index contributed by atoms with van der Waals surface area (Å²) in [5.74, 6) is 0. The summed E-state index contributed by atoms with van der Waals surface area (Å²) < 4.78 is 44.5. The molecule has 0 N–H and O–H groups in total. The second-order valence-electron chi connectivity index (χ2n) is 8.17. The molecule has 4 rings (SSSR count). The van der Waals surface area contributed by atoms with Crippen LogP contribution in [0.3, 0.4) is 0 Å². The zero-order valence-electron chi connectivity index (χ0n) is 17.6. The monoisotopic (exact) mass is 430 g/mol. The molecule has 0 radical (unpaired) electrons. The van der Waals surface area contributed by atoms with Crippen molar-refractivity contribution < 1.29 is 13.2 Å². The van der Waals surface area contributed by atoms with E-state index in [0.29, 0.717) is 17.4 Å². The number of hydrogen-bond acceptors (Lipinski definition) is 3. The summed E-state index contributed by atoms with van der Waals surface area (Å²) in [6, 6.07) is 5.70. The van der Waals surface area contributed by atoms with Crippen LogP contribution in [0.25, 0.3) is 17.1 Å². The van der Waals surface area contributed by atoms with Gasteiger partial charge in [-0.1, -0.05) is 18.2 Å². The highest BCUT2D eigenvalue weighted by Crippen LogP contribution is 2.32. The van der Waals surface area contributed by atoms with Gasteiger partial charge in [-0.2, -0.15) is 18.3 Å². The Morgan fingerprint density at radius 3 is 2.71 bits per heavy atom. The third-order valence-corrected chi connectivity index (χ3v) is 6.14. The maximum absolute atomic E-state index is 13.9. The largest absolute Gasteiger partial charge is 0.431 e. The van der Waals surface area contributed by atoms with E-state index in [0.717, 1.165) is 42.3 Å². The van der Waals surface area contributed by atoms with E-state index < -0.39 is 17.3 Å². The van der Waals surface area contributed by atoms with E-state index in [1.54, 1.807) is 35.3 Å². The van der Waals surface area contributed by atoms with Crippen molar-refractivity contribution in [1.29, 1.82) is 0 Å². The second-order valence-corrected chi connectivity index (χ2v) is 8.17. The number of halogens is 3. The Morgan fingerprint density at radius 1 is 1.26 bits per heavy atom. The Kier molecular flexibility index (Phi) is 5.51. The van der Waals surface area contributed by atoms with Gasteiger partial charge < -0.3 is 4.57 Å². The van der Waals surface area contributed by atoms with Gasteiger partial charge >= 0.3 is 6.18 Å². The minimum atomic E-state index is -4.61. The van der Waals surface area contributed by atoms with Crippen LogP contribution >= 0.6 is 0 Å². The minimum absolute atomic E-state index is 0.0698. The fraction of sp³-hybridized carbons (Fsp3) is 0.391. The number of nitrogens with zero attached hydrogens (tertiary/aromatic N) is 4. The molecule has 2 aromatic heterocycles. The Morgan fingerprint density at radius 2 is 2.03 bits per heavy atom. The van der Waals surface area contributed by atoms with Crippen molar-refractivity contribution in [1.82, 2.24) is 19.2 Å². The van der Waals surface area contributed by atoms with Crippen molar-refractivity contribution in [2.45, 2.75) is 52.0 Å². The van der Waals surface area contributed by atoms with Crippen LogP contribution in [-0.2, 0) is 19.3 Å². The van der Waals surface area contributed by atoms with E-state index in [1.165, 1.54) is 4.57 Å². The van der Waals surface area contributed by atoms with Crippen molar-refractivity contribution in [2.24, 2.45) is 0 Å². The molecule has 1 fully saturated rings. The van der Waals surface area contributed by atoms with Crippen molar-refractivity contribution in [2.75, 3.05) is 6.54 Å². The molecule has 1 saturated heterocycles. The Labute approximate surface area is 178 Å². The van der Waals surface area contributed by atoms with Gasteiger partial charge in [-0.05, 0) is 45.4 Å². The summed E-state index contributed by atoms with van der Waals surface area (Å²) in [5.41, 5.74) is 1.68. The maximum Gasteiger partial charge on any atom is 0.431 e. The SMILES string of the molecule is C=Cn1ncc(CN2CCCC2Cn2c(C(F)(F)F)cc(=O)c3cc(C)ccc32)c1C. The van der Waals surface area contributed by atoms with Gasteiger partial charge in [0.25, 0.3) is 0 Å². The summed E-state index contributed by atoms with van der Waals surface area (Å²) >= 11 is 0. The van der Waals surface area contributed by atoms with Gasteiger partial charge in [0.2, 0.25) is 0 Å². The Balaban J connectivity index is 1.72. The van der Waals surface area contributed by atoms with Crippen molar-refractivity contribution in [3.63, 3.8) is 0 Å². The number of likely N-dealkylation sites (tertiary alicyclic amines) is 1. The van der Waals surface area contributed by atoms with Crippen molar-refractivity contribution >= 4 is 17.1 Å². The van der Waals surface area contributed by atoms with Crippen LogP contribution in [0.2, 0.25) is 0 Å². The summed E-state index contributed by atoms with van der Waals surface area (Å²) in [7, 11) is 0. The van der Waals surface area contributed by atoms with E-state index in [9.17, 15) is 18.0 Å². The van der Waals surface area contributed by atoms with Crippen LogP contribution < -0.4 is 5.43 Å². The predicted octanol–water partition coefficient (Wildman–Crippen LogP) is 4.60. The lowest BCUT2D eigenvalue weighted by molar-refractivity contribution is -0.144. The average molecular weight is 430 g/mol. The number of aromatic nitrogens is 3. The van der Waals surface area contributed by atoms with Gasteiger partial charge in [0.15, 0.2) is 5.43 Å². The van der Waals surface area contributed by atoms with Crippen LogP contribution in [-0.4, -0.2) is 31.8 Å². The highest BCUT2D eigenvalue weighted by molar-refractivity contribution is 5.80. The molecule has 5 nitrogen and oxygen atoms in total. The van der Waals surface area contributed by atoms with Crippen molar-refractivity contribution in [3.05, 3.63) is 69.8 Å². The summed E-state index contributed by atoms with van der Waals surface area (Å²) in [6.45, 7) is 9.10. The third kappa shape index (κ3) is 4.04. The lowest BCUT2D eigenvalue weighted by atomic mass is 10.1. The molecule has 0 spiro atoms. The molecule has 1 aromatic carbocycles. The van der Waals surface area contributed by atoms with Gasteiger partial charge in [-0.25, -0.2) is 4.68 Å². The molecule has 31 heavy (non-hydrogen) atoms.